The second kappa shape index (κ2) is 8.71. The fourth-order valence-electron chi connectivity index (χ4n) is 2.90. The Labute approximate surface area is 163 Å². The summed E-state index contributed by atoms with van der Waals surface area (Å²) in [6, 6.07) is 7.98. The highest BCUT2D eigenvalue weighted by molar-refractivity contribution is 5.75. The van der Waals surface area contributed by atoms with Crippen molar-refractivity contribution >= 4 is 11.7 Å². The summed E-state index contributed by atoms with van der Waals surface area (Å²) in [5, 5.41) is 3.35. The molecule has 0 saturated carbocycles. The standard InChI is InChI=1S/C20H27N7O/c1-13(2)17-12-27-11-16(18(28)26-20(27)25-17)15-6-4-14(5-7-15)10-23-8-3-9-24-19(21)22/h4-7,11-13,23H,3,8-10H2,1-2H3,(H4,21,22,24)(H,25,26,28). The summed E-state index contributed by atoms with van der Waals surface area (Å²) in [4.78, 5) is 23.7. The van der Waals surface area contributed by atoms with E-state index in [0.29, 0.717) is 23.8 Å². The van der Waals surface area contributed by atoms with Crippen molar-refractivity contribution in [3.63, 3.8) is 0 Å². The number of hydrogen-bond acceptors (Lipinski definition) is 4. The minimum atomic E-state index is -0.140. The molecule has 28 heavy (non-hydrogen) atoms. The van der Waals surface area contributed by atoms with E-state index in [1.165, 1.54) is 0 Å². The molecule has 0 unspecified atom stereocenters. The maximum atomic E-state index is 12.5. The molecule has 2 aromatic heterocycles. The summed E-state index contributed by atoms with van der Waals surface area (Å²) in [5.74, 6) is 0.997. The number of nitrogens with one attached hydrogen (secondary N) is 2. The van der Waals surface area contributed by atoms with Crippen molar-refractivity contribution in [2.75, 3.05) is 13.1 Å². The largest absolute Gasteiger partial charge is 0.370 e. The smallest absolute Gasteiger partial charge is 0.260 e. The van der Waals surface area contributed by atoms with Crippen molar-refractivity contribution in [3.05, 3.63) is 58.3 Å². The zero-order chi connectivity index (χ0) is 20.1. The van der Waals surface area contributed by atoms with Crippen molar-refractivity contribution in [1.82, 2.24) is 19.7 Å². The van der Waals surface area contributed by atoms with E-state index in [9.17, 15) is 4.79 Å². The molecule has 0 radical (unpaired) electrons. The van der Waals surface area contributed by atoms with Crippen LogP contribution in [0.2, 0.25) is 0 Å². The topological polar surface area (TPSA) is 127 Å². The Morgan fingerprint density at radius 1 is 1.25 bits per heavy atom. The van der Waals surface area contributed by atoms with E-state index in [-0.39, 0.29) is 11.5 Å². The summed E-state index contributed by atoms with van der Waals surface area (Å²) >= 11 is 0. The Morgan fingerprint density at radius 3 is 2.68 bits per heavy atom. The number of benzene rings is 1. The number of aliphatic imine (C=N–C) groups is 1. The highest BCUT2D eigenvalue weighted by Gasteiger charge is 2.10. The van der Waals surface area contributed by atoms with Gasteiger partial charge in [0, 0.05) is 25.5 Å². The lowest BCUT2D eigenvalue weighted by atomic mass is 10.1. The molecule has 3 rings (SSSR count). The van der Waals surface area contributed by atoms with Gasteiger partial charge < -0.3 is 16.8 Å². The van der Waals surface area contributed by atoms with Crippen LogP contribution in [0.15, 0.2) is 46.4 Å². The predicted molar refractivity (Wildman–Crippen MR) is 112 cm³/mol. The van der Waals surface area contributed by atoms with Gasteiger partial charge in [0.25, 0.3) is 5.56 Å². The van der Waals surface area contributed by atoms with E-state index in [1.54, 1.807) is 0 Å². The molecular formula is C20H27N7O. The van der Waals surface area contributed by atoms with Gasteiger partial charge in [-0.1, -0.05) is 38.1 Å². The fraction of sp³-hybridized carbons (Fsp3) is 0.350. The van der Waals surface area contributed by atoms with Crippen LogP contribution in [0.3, 0.4) is 0 Å². The van der Waals surface area contributed by atoms with Crippen molar-refractivity contribution in [2.24, 2.45) is 16.5 Å². The SMILES string of the molecule is CC(C)c1cn2cc(-c3ccc(CNCCCN=C(N)N)cc3)c(=O)[nH]c2n1. The molecule has 0 fully saturated rings. The predicted octanol–water partition coefficient (Wildman–Crippen LogP) is 1.57. The molecule has 6 N–H and O–H groups in total. The third kappa shape index (κ3) is 4.77. The van der Waals surface area contributed by atoms with Crippen LogP contribution in [0.5, 0.6) is 0 Å². The van der Waals surface area contributed by atoms with E-state index in [1.807, 2.05) is 41.1 Å². The Morgan fingerprint density at radius 2 is 2.00 bits per heavy atom. The molecule has 2 heterocycles. The highest BCUT2D eigenvalue weighted by Crippen LogP contribution is 2.18. The van der Waals surface area contributed by atoms with Crippen molar-refractivity contribution < 1.29 is 0 Å². The summed E-state index contributed by atoms with van der Waals surface area (Å²) < 4.78 is 1.87. The zero-order valence-corrected chi connectivity index (χ0v) is 16.3. The van der Waals surface area contributed by atoms with Crippen LogP contribution in [0.4, 0.5) is 0 Å². The lowest BCUT2D eigenvalue weighted by Crippen LogP contribution is -2.23. The summed E-state index contributed by atoms with van der Waals surface area (Å²) in [5.41, 5.74) is 14.0. The molecule has 3 aromatic rings. The van der Waals surface area contributed by atoms with Gasteiger partial charge in [-0.05, 0) is 30.0 Å². The van der Waals surface area contributed by atoms with Gasteiger partial charge in [0.2, 0.25) is 5.78 Å². The number of nitrogens with two attached hydrogens (primary N) is 2. The fourth-order valence-corrected chi connectivity index (χ4v) is 2.90. The van der Waals surface area contributed by atoms with E-state index in [2.05, 4.69) is 34.1 Å². The molecule has 8 heteroatoms. The highest BCUT2D eigenvalue weighted by atomic mass is 16.1. The van der Waals surface area contributed by atoms with Gasteiger partial charge in [-0.3, -0.25) is 19.2 Å². The zero-order valence-electron chi connectivity index (χ0n) is 16.3. The molecule has 0 spiro atoms. The number of hydrogen-bond donors (Lipinski definition) is 4. The van der Waals surface area contributed by atoms with Crippen molar-refractivity contribution in [3.8, 4) is 11.1 Å². The minimum absolute atomic E-state index is 0.125. The van der Waals surface area contributed by atoms with Crippen LogP contribution < -0.4 is 22.3 Å². The molecule has 0 amide bonds. The lowest BCUT2D eigenvalue weighted by Gasteiger charge is -2.06. The number of guanidine groups is 1. The van der Waals surface area contributed by atoms with Crippen molar-refractivity contribution in [2.45, 2.75) is 32.7 Å². The normalized spacial score (nSPS) is 11.2. The number of H-pyrrole nitrogens is 1. The number of aromatic amines is 1. The number of imidazole rings is 1. The van der Waals surface area contributed by atoms with Crippen LogP contribution in [0.25, 0.3) is 16.9 Å². The molecule has 0 aliphatic heterocycles. The molecule has 1 aromatic carbocycles. The molecule has 0 aliphatic carbocycles. The van der Waals surface area contributed by atoms with E-state index >= 15 is 0 Å². The Bertz CT molecular complexity index is 1010. The minimum Gasteiger partial charge on any atom is -0.370 e. The van der Waals surface area contributed by atoms with Gasteiger partial charge in [0.1, 0.15) is 0 Å². The van der Waals surface area contributed by atoms with Crippen LogP contribution >= 0.6 is 0 Å². The van der Waals surface area contributed by atoms with Crippen LogP contribution in [0.1, 0.15) is 37.4 Å². The van der Waals surface area contributed by atoms with E-state index < -0.39 is 0 Å². The van der Waals surface area contributed by atoms with E-state index in [0.717, 1.165) is 36.3 Å². The average molecular weight is 381 g/mol. The first-order chi connectivity index (χ1) is 13.4. The summed E-state index contributed by atoms with van der Waals surface area (Å²) in [7, 11) is 0. The third-order valence-corrected chi connectivity index (χ3v) is 4.48. The van der Waals surface area contributed by atoms with Crippen molar-refractivity contribution in [1.29, 1.82) is 0 Å². The Hall–Kier alpha value is -3.13. The Balaban J connectivity index is 1.67. The van der Waals surface area contributed by atoms with Gasteiger partial charge >= 0.3 is 0 Å². The number of aromatic nitrogens is 3. The van der Waals surface area contributed by atoms with Crippen LogP contribution in [0, 0.1) is 0 Å². The molecular weight excluding hydrogens is 354 g/mol. The van der Waals surface area contributed by atoms with Gasteiger partial charge in [0.05, 0.1) is 11.3 Å². The van der Waals surface area contributed by atoms with Gasteiger partial charge in [-0.25, -0.2) is 4.98 Å². The quantitative estimate of drug-likeness (QED) is 0.268. The van der Waals surface area contributed by atoms with Gasteiger partial charge in [0.15, 0.2) is 5.96 Å². The molecule has 148 valence electrons. The Kier molecular flexibility index (Phi) is 6.10. The first-order valence-corrected chi connectivity index (χ1v) is 9.41. The van der Waals surface area contributed by atoms with Crippen LogP contribution in [-0.4, -0.2) is 33.4 Å². The molecule has 0 atom stereocenters. The summed E-state index contributed by atoms with van der Waals surface area (Å²) in [6.07, 6.45) is 4.67. The van der Waals surface area contributed by atoms with Gasteiger partial charge in [-0.15, -0.1) is 0 Å². The molecule has 0 saturated heterocycles. The maximum Gasteiger partial charge on any atom is 0.260 e. The third-order valence-electron chi connectivity index (χ3n) is 4.48. The number of nitrogens with zero attached hydrogens (tertiary/aromatic N) is 3. The monoisotopic (exact) mass is 381 g/mol. The molecule has 0 bridgehead atoms. The second-order valence-corrected chi connectivity index (χ2v) is 7.08. The van der Waals surface area contributed by atoms with Gasteiger partial charge in [-0.2, -0.15) is 0 Å². The molecule has 8 nitrogen and oxygen atoms in total. The van der Waals surface area contributed by atoms with E-state index in [4.69, 9.17) is 11.5 Å². The summed E-state index contributed by atoms with van der Waals surface area (Å²) in [6.45, 7) is 6.35. The molecule has 0 aliphatic rings. The van der Waals surface area contributed by atoms with Crippen LogP contribution in [-0.2, 0) is 6.54 Å². The first-order valence-electron chi connectivity index (χ1n) is 9.41. The first kappa shape index (κ1) is 19.6. The second-order valence-electron chi connectivity index (χ2n) is 7.08. The average Bonchev–Trinajstić information content (AvgIpc) is 3.07. The number of fused-ring (bicyclic) bond motifs is 1. The maximum absolute atomic E-state index is 12.5. The lowest BCUT2D eigenvalue weighted by molar-refractivity contribution is 0.655. The number of rotatable bonds is 8.